The van der Waals surface area contributed by atoms with Crippen LogP contribution in [0.1, 0.15) is 29.2 Å². The van der Waals surface area contributed by atoms with Gasteiger partial charge in [-0.15, -0.1) is 0 Å². The summed E-state index contributed by atoms with van der Waals surface area (Å²) >= 11 is 0. The zero-order chi connectivity index (χ0) is 15.5. The van der Waals surface area contributed by atoms with E-state index in [2.05, 4.69) is 32.9 Å². The summed E-state index contributed by atoms with van der Waals surface area (Å²) < 4.78 is 19.1. The van der Waals surface area contributed by atoms with Crippen molar-refractivity contribution in [1.82, 2.24) is 0 Å². The molecular weight excluding hydrogens is 279 g/mol. The van der Waals surface area contributed by atoms with Gasteiger partial charge in [0.25, 0.3) is 0 Å². The largest absolute Gasteiger partial charge is 0.325 e. The summed E-state index contributed by atoms with van der Waals surface area (Å²) in [5.41, 5.74) is 4.74. The summed E-state index contributed by atoms with van der Waals surface area (Å²) in [5.74, 6) is 0. The van der Waals surface area contributed by atoms with Crippen LogP contribution in [0.15, 0.2) is 42.5 Å². The summed E-state index contributed by atoms with van der Waals surface area (Å²) in [6.07, 6.45) is 0.461. The van der Waals surface area contributed by atoms with Crippen LogP contribution in [0.5, 0.6) is 0 Å². The van der Waals surface area contributed by atoms with E-state index in [-0.39, 0.29) is 0 Å². The summed E-state index contributed by atoms with van der Waals surface area (Å²) in [7, 11) is -2.86. The van der Waals surface area contributed by atoms with Crippen molar-refractivity contribution in [2.75, 3.05) is 6.61 Å². The molecule has 2 nitrogen and oxygen atoms in total. The molecule has 0 aliphatic carbocycles. The smallest absolute Gasteiger partial charge is 0.236 e. The maximum Gasteiger partial charge on any atom is 0.236 e. The Morgan fingerprint density at radius 1 is 1.00 bits per heavy atom. The quantitative estimate of drug-likeness (QED) is 0.745. The van der Waals surface area contributed by atoms with Crippen LogP contribution in [-0.2, 0) is 15.3 Å². The highest BCUT2D eigenvalue weighted by atomic mass is 31.2. The highest BCUT2D eigenvalue weighted by Gasteiger charge is 2.27. The number of aryl methyl sites for hydroxylation is 3. The van der Waals surface area contributed by atoms with E-state index in [9.17, 15) is 4.57 Å². The first-order chi connectivity index (χ1) is 9.96. The molecule has 2 aromatic rings. The van der Waals surface area contributed by atoms with Gasteiger partial charge in [0.05, 0.1) is 12.8 Å². The van der Waals surface area contributed by atoms with Crippen molar-refractivity contribution in [3.8, 4) is 0 Å². The second-order valence-electron chi connectivity index (χ2n) is 5.46. The first kappa shape index (κ1) is 16.0. The van der Waals surface area contributed by atoms with Crippen LogP contribution in [0, 0.1) is 20.8 Å². The molecule has 1 unspecified atom stereocenters. The SMILES string of the molecule is CCOP(=O)(Cc1c(C)cc(C)cc1C)c1ccccc1. The third kappa shape index (κ3) is 3.64. The Morgan fingerprint density at radius 2 is 1.57 bits per heavy atom. The zero-order valence-electron chi connectivity index (χ0n) is 13.2. The Kier molecular flexibility index (Phi) is 5.03. The monoisotopic (exact) mass is 302 g/mol. The molecule has 21 heavy (non-hydrogen) atoms. The van der Waals surface area contributed by atoms with E-state index in [1.165, 1.54) is 16.7 Å². The van der Waals surface area contributed by atoms with Gasteiger partial charge in [0.1, 0.15) is 0 Å². The second kappa shape index (κ2) is 6.60. The first-order valence-electron chi connectivity index (χ1n) is 7.32. The van der Waals surface area contributed by atoms with Crippen LogP contribution in [-0.4, -0.2) is 6.61 Å². The fourth-order valence-electron chi connectivity index (χ4n) is 2.74. The Balaban J connectivity index is 2.45. The molecule has 0 fully saturated rings. The van der Waals surface area contributed by atoms with Gasteiger partial charge in [-0.25, -0.2) is 0 Å². The van der Waals surface area contributed by atoms with Gasteiger partial charge in [-0.2, -0.15) is 0 Å². The normalized spacial score (nSPS) is 13.9. The highest BCUT2D eigenvalue weighted by molar-refractivity contribution is 7.66. The van der Waals surface area contributed by atoms with Gasteiger partial charge in [0, 0.05) is 5.30 Å². The molecule has 112 valence electrons. The molecule has 0 radical (unpaired) electrons. The lowest BCUT2D eigenvalue weighted by molar-refractivity contribution is 0.340. The summed E-state index contributed by atoms with van der Waals surface area (Å²) in [5, 5.41) is 0.797. The van der Waals surface area contributed by atoms with Crippen LogP contribution in [0.3, 0.4) is 0 Å². The van der Waals surface area contributed by atoms with Crippen molar-refractivity contribution >= 4 is 12.7 Å². The number of benzene rings is 2. The third-order valence-corrected chi connectivity index (χ3v) is 6.19. The van der Waals surface area contributed by atoms with Gasteiger partial charge in [-0.05, 0) is 56.5 Å². The van der Waals surface area contributed by atoms with Crippen molar-refractivity contribution in [1.29, 1.82) is 0 Å². The standard InChI is InChI=1S/C18H23O2P/c1-5-20-21(19,17-9-7-6-8-10-17)13-18-15(3)11-14(2)12-16(18)4/h6-12H,5,13H2,1-4H3. The molecule has 0 N–H and O–H groups in total. The van der Waals surface area contributed by atoms with E-state index < -0.39 is 7.37 Å². The van der Waals surface area contributed by atoms with Crippen molar-refractivity contribution in [3.05, 3.63) is 64.7 Å². The fraction of sp³-hybridized carbons (Fsp3) is 0.333. The van der Waals surface area contributed by atoms with Crippen molar-refractivity contribution in [2.24, 2.45) is 0 Å². The van der Waals surface area contributed by atoms with Crippen molar-refractivity contribution in [3.63, 3.8) is 0 Å². The lowest BCUT2D eigenvalue weighted by Gasteiger charge is -2.21. The van der Waals surface area contributed by atoms with Gasteiger partial charge in [-0.3, -0.25) is 4.57 Å². The molecule has 3 heteroatoms. The topological polar surface area (TPSA) is 26.3 Å². The fourth-order valence-corrected chi connectivity index (χ4v) is 5.12. The van der Waals surface area contributed by atoms with E-state index in [4.69, 9.17) is 4.52 Å². The number of rotatable bonds is 5. The van der Waals surface area contributed by atoms with Crippen LogP contribution in [0.25, 0.3) is 0 Å². The van der Waals surface area contributed by atoms with Crippen molar-refractivity contribution < 1.29 is 9.09 Å². The summed E-state index contributed by atoms with van der Waals surface area (Å²) in [6, 6.07) is 13.8. The number of hydrogen-bond acceptors (Lipinski definition) is 2. The maximum atomic E-state index is 13.4. The second-order valence-corrected chi connectivity index (χ2v) is 7.90. The maximum absolute atomic E-state index is 13.4. The summed E-state index contributed by atoms with van der Waals surface area (Å²) in [4.78, 5) is 0. The first-order valence-corrected chi connectivity index (χ1v) is 9.13. The van der Waals surface area contributed by atoms with E-state index in [0.29, 0.717) is 12.8 Å². The minimum absolute atomic E-state index is 0.454. The molecule has 0 saturated carbocycles. The predicted molar refractivity (Wildman–Crippen MR) is 89.7 cm³/mol. The average molecular weight is 302 g/mol. The van der Waals surface area contributed by atoms with Crippen LogP contribution < -0.4 is 5.30 Å². The Labute approximate surface area is 127 Å². The van der Waals surface area contributed by atoms with Gasteiger partial charge in [-0.1, -0.05) is 35.9 Å². The molecule has 1 atom stereocenters. The molecule has 0 heterocycles. The molecular formula is C18H23O2P. The third-order valence-electron chi connectivity index (χ3n) is 3.69. The van der Waals surface area contributed by atoms with Crippen LogP contribution in [0.4, 0.5) is 0 Å². The van der Waals surface area contributed by atoms with Gasteiger partial charge < -0.3 is 4.52 Å². The van der Waals surface area contributed by atoms with E-state index in [0.717, 1.165) is 10.9 Å². The van der Waals surface area contributed by atoms with E-state index in [1.807, 2.05) is 37.3 Å². The van der Waals surface area contributed by atoms with Crippen LogP contribution >= 0.6 is 7.37 Å². The van der Waals surface area contributed by atoms with Crippen molar-refractivity contribution in [2.45, 2.75) is 33.9 Å². The van der Waals surface area contributed by atoms with Gasteiger partial charge in [0.2, 0.25) is 7.37 Å². The Bertz CT molecular complexity index is 639. The minimum Gasteiger partial charge on any atom is -0.325 e. The molecule has 0 spiro atoms. The van der Waals surface area contributed by atoms with Gasteiger partial charge >= 0.3 is 0 Å². The molecule has 0 aromatic heterocycles. The molecule has 2 aromatic carbocycles. The van der Waals surface area contributed by atoms with E-state index in [1.54, 1.807) is 0 Å². The molecule has 0 aliphatic rings. The lowest BCUT2D eigenvalue weighted by atomic mass is 10.0. The highest BCUT2D eigenvalue weighted by Crippen LogP contribution is 2.50. The zero-order valence-corrected chi connectivity index (χ0v) is 14.1. The Hall–Kier alpha value is -1.37. The molecule has 0 bridgehead atoms. The van der Waals surface area contributed by atoms with Gasteiger partial charge in [0.15, 0.2) is 0 Å². The summed E-state index contributed by atoms with van der Waals surface area (Å²) in [6.45, 7) is 8.59. The van der Waals surface area contributed by atoms with Crippen LogP contribution in [0.2, 0.25) is 0 Å². The van der Waals surface area contributed by atoms with E-state index >= 15 is 0 Å². The lowest BCUT2D eigenvalue weighted by Crippen LogP contribution is -2.10. The average Bonchev–Trinajstić information content (AvgIpc) is 2.44. The molecule has 0 aliphatic heterocycles. The Morgan fingerprint density at radius 3 is 2.10 bits per heavy atom. The minimum atomic E-state index is -2.86. The molecule has 0 saturated heterocycles. The molecule has 0 amide bonds. The predicted octanol–water partition coefficient (Wildman–Crippen LogP) is 4.75. The number of hydrogen-bond donors (Lipinski definition) is 0. The molecule has 2 rings (SSSR count).